The van der Waals surface area contributed by atoms with Gasteiger partial charge in [0, 0.05) is 12.1 Å². The molecule has 0 saturated carbocycles. The largest absolute Gasteiger partial charge is 0.393 e. The smallest absolute Gasteiger partial charge is 0.240 e. The minimum Gasteiger partial charge on any atom is -0.393 e. The first-order chi connectivity index (χ1) is 5.52. The highest BCUT2D eigenvalue weighted by Crippen LogP contribution is 1.94. The minimum atomic E-state index is -0.428. The van der Waals surface area contributed by atoms with Gasteiger partial charge in [-0.25, -0.2) is 5.43 Å². The van der Waals surface area contributed by atoms with E-state index >= 15 is 0 Å². The fourth-order valence-electron chi connectivity index (χ4n) is 0.570. The maximum atomic E-state index is 10.9. The van der Waals surface area contributed by atoms with Crippen molar-refractivity contribution in [2.24, 2.45) is 5.10 Å². The third-order valence-corrected chi connectivity index (χ3v) is 1.19. The van der Waals surface area contributed by atoms with E-state index in [4.69, 9.17) is 5.11 Å². The molecule has 0 aromatic rings. The van der Waals surface area contributed by atoms with Gasteiger partial charge in [0.05, 0.1) is 6.10 Å². The van der Waals surface area contributed by atoms with Gasteiger partial charge >= 0.3 is 0 Å². The van der Waals surface area contributed by atoms with Gasteiger partial charge in [-0.05, 0) is 27.2 Å². The molecule has 0 rings (SSSR count). The molecule has 4 heteroatoms. The van der Waals surface area contributed by atoms with Crippen molar-refractivity contribution in [1.82, 2.24) is 5.43 Å². The Bertz CT molecular complexity index is 172. The maximum Gasteiger partial charge on any atom is 0.240 e. The number of aliphatic hydroxyl groups is 1. The molecule has 0 aliphatic carbocycles. The van der Waals surface area contributed by atoms with Crippen LogP contribution in [0.1, 0.15) is 33.6 Å². The predicted molar refractivity (Wildman–Crippen MR) is 47.8 cm³/mol. The Kier molecular flexibility index (Phi) is 5.28. The Labute approximate surface area is 72.7 Å². The average molecular weight is 172 g/mol. The van der Waals surface area contributed by atoms with Gasteiger partial charge in [0.1, 0.15) is 0 Å². The van der Waals surface area contributed by atoms with Crippen molar-refractivity contribution in [3.05, 3.63) is 0 Å². The Morgan fingerprint density at radius 2 is 2.17 bits per heavy atom. The third kappa shape index (κ3) is 7.21. The van der Waals surface area contributed by atoms with Gasteiger partial charge < -0.3 is 5.11 Å². The molecule has 1 atom stereocenters. The van der Waals surface area contributed by atoms with E-state index in [2.05, 4.69) is 10.5 Å². The standard InChI is InChI=1S/C8H16N2O2/c1-6(2)9-10-8(12)5-4-7(3)11/h7,11H,4-5H2,1-3H3,(H,10,12). The van der Waals surface area contributed by atoms with E-state index in [0.717, 1.165) is 5.71 Å². The first kappa shape index (κ1) is 11.1. The van der Waals surface area contributed by atoms with Crippen molar-refractivity contribution >= 4 is 11.6 Å². The van der Waals surface area contributed by atoms with Crippen LogP contribution in [0.25, 0.3) is 0 Å². The number of nitrogens with zero attached hydrogens (tertiary/aromatic N) is 1. The summed E-state index contributed by atoms with van der Waals surface area (Å²) in [5, 5.41) is 12.6. The van der Waals surface area contributed by atoms with Crippen LogP contribution in [0, 0.1) is 0 Å². The topological polar surface area (TPSA) is 61.7 Å². The molecular formula is C8H16N2O2. The molecule has 0 bridgehead atoms. The van der Waals surface area contributed by atoms with Gasteiger partial charge in [0.25, 0.3) is 0 Å². The summed E-state index contributed by atoms with van der Waals surface area (Å²) in [7, 11) is 0. The highest BCUT2D eigenvalue weighted by molar-refractivity contribution is 5.82. The molecule has 1 unspecified atom stereocenters. The number of aliphatic hydroxyl groups excluding tert-OH is 1. The summed E-state index contributed by atoms with van der Waals surface area (Å²) in [6.07, 6.45) is 0.362. The van der Waals surface area contributed by atoms with Crippen molar-refractivity contribution < 1.29 is 9.90 Å². The van der Waals surface area contributed by atoms with Crippen molar-refractivity contribution in [2.45, 2.75) is 39.7 Å². The summed E-state index contributed by atoms with van der Waals surface area (Å²) in [6.45, 7) is 5.26. The fraction of sp³-hybridized carbons (Fsp3) is 0.750. The van der Waals surface area contributed by atoms with Crippen LogP contribution < -0.4 is 5.43 Å². The molecule has 70 valence electrons. The van der Waals surface area contributed by atoms with E-state index in [1.807, 2.05) is 0 Å². The lowest BCUT2D eigenvalue weighted by atomic mass is 10.2. The summed E-state index contributed by atoms with van der Waals surface area (Å²) >= 11 is 0. The molecule has 0 aromatic heterocycles. The van der Waals surface area contributed by atoms with Gasteiger partial charge in [-0.15, -0.1) is 0 Å². The Morgan fingerprint density at radius 1 is 1.58 bits per heavy atom. The molecule has 0 spiro atoms. The summed E-state index contributed by atoms with van der Waals surface area (Å²) in [5.74, 6) is -0.155. The van der Waals surface area contributed by atoms with Crippen LogP contribution in [-0.4, -0.2) is 22.8 Å². The zero-order valence-corrected chi connectivity index (χ0v) is 7.79. The van der Waals surface area contributed by atoms with Crippen LogP contribution in [0.4, 0.5) is 0 Å². The number of carbonyl (C=O) groups excluding carboxylic acids is 1. The molecular weight excluding hydrogens is 156 g/mol. The predicted octanol–water partition coefficient (Wildman–Crippen LogP) is 0.659. The van der Waals surface area contributed by atoms with Crippen LogP contribution in [0.3, 0.4) is 0 Å². The molecule has 0 fully saturated rings. The Balaban J connectivity index is 3.54. The Hall–Kier alpha value is -0.900. The van der Waals surface area contributed by atoms with Crippen LogP contribution >= 0.6 is 0 Å². The quantitative estimate of drug-likeness (QED) is 0.483. The van der Waals surface area contributed by atoms with Gasteiger partial charge in [0.15, 0.2) is 0 Å². The van der Waals surface area contributed by atoms with Crippen LogP contribution in [0.5, 0.6) is 0 Å². The summed E-state index contributed by atoms with van der Waals surface area (Å²) < 4.78 is 0. The second-order valence-corrected chi connectivity index (χ2v) is 2.98. The molecule has 4 nitrogen and oxygen atoms in total. The molecule has 0 saturated heterocycles. The summed E-state index contributed by atoms with van der Waals surface area (Å²) in [6, 6.07) is 0. The number of amides is 1. The number of nitrogens with one attached hydrogen (secondary N) is 1. The summed E-state index contributed by atoms with van der Waals surface area (Å²) in [4.78, 5) is 10.9. The molecule has 0 heterocycles. The van der Waals surface area contributed by atoms with Crippen molar-refractivity contribution in [1.29, 1.82) is 0 Å². The van der Waals surface area contributed by atoms with Gasteiger partial charge in [0.2, 0.25) is 5.91 Å². The first-order valence-electron chi connectivity index (χ1n) is 4.00. The SMILES string of the molecule is CC(C)=NNC(=O)CCC(C)O. The molecule has 12 heavy (non-hydrogen) atoms. The third-order valence-electron chi connectivity index (χ3n) is 1.19. The van der Waals surface area contributed by atoms with E-state index in [0.29, 0.717) is 12.8 Å². The monoisotopic (exact) mass is 172 g/mol. The minimum absolute atomic E-state index is 0.155. The molecule has 0 aromatic carbocycles. The van der Waals surface area contributed by atoms with Crippen molar-refractivity contribution in [2.75, 3.05) is 0 Å². The van der Waals surface area contributed by atoms with Crippen LogP contribution in [-0.2, 0) is 4.79 Å². The van der Waals surface area contributed by atoms with E-state index in [9.17, 15) is 4.79 Å². The van der Waals surface area contributed by atoms with Gasteiger partial charge in [-0.3, -0.25) is 4.79 Å². The van der Waals surface area contributed by atoms with E-state index in [-0.39, 0.29) is 5.91 Å². The van der Waals surface area contributed by atoms with Gasteiger partial charge in [-0.1, -0.05) is 0 Å². The highest BCUT2D eigenvalue weighted by atomic mass is 16.3. The maximum absolute atomic E-state index is 10.9. The second-order valence-electron chi connectivity index (χ2n) is 2.98. The normalized spacial score (nSPS) is 12.0. The van der Waals surface area contributed by atoms with Crippen molar-refractivity contribution in [3.8, 4) is 0 Å². The number of hydrazone groups is 1. The highest BCUT2D eigenvalue weighted by Gasteiger charge is 2.02. The zero-order chi connectivity index (χ0) is 9.56. The number of carbonyl (C=O) groups is 1. The fourth-order valence-corrected chi connectivity index (χ4v) is 0.570. The van der Waals surface area contributed by atoms with Crippen LogP contribution in [0.15, 0.2) is 5.10 Å². The molecule has 0 aliphatic heterocycles. The van der Waals surface area contributed by atoms with Crippen molar-refractivity contribution in [3.63, 3.8) is 0 Å². The van der Waals surface area contributed by atoms with Crippen LogP contribution in [0.2, 0.25) is 0 Å². The Morgan fingerprint density at radius 3 is 2.58 bits per heavy atom. The number of hydrogen-bond donors (Lipinski definition) is 2. The lowest BCUT2D eigenvalue weighted by molar-refractivity contribution is -0.121. The number of hydrogen-bond acceptors (Lipinski definition) is 3. The average Bonchev–Trinajstić information content (AvgIpc) is 1.96. The molecule has 0 radical (unpaired) electrons. The summed E-state index contributed by atoms with van der Waals surface area (Å²) in [5.41, 5.74) is 3.18. The lowest BCUT2D eigenvalue weighted by Crippen LogP contribution is -2.19. The first-order valence-corrected chi connectivity index (χ1v) is 4.00. The molecule has 2 N–H and O–H groups in total. The van der Waals surface area contributed by atoms with E-state index in [1.54, 1.807) is 20.8 Å². The second kappa shape index (κ2) is 5.71. The van der Waals surface area contributed by atoms with Gasteiger partial charge in [-0.2, -0.15) is 5.10 Å². The molecule has 1 amide bonds. The lowest BCUT2D eigenvalue weighted by Gasteiger charge is -2.02. The zero-order valence-electron chi connectivity index (χ0n) is 7.79. The van der Waals surface area contributed by atoms with E-state index < -0.39 is 6.10 Å². The van der Waals surface area contributed by atoms with E-state index in [1.165, 1.54) is 0 Å². The number of rotatable bonds is 4. The molecule has 0 aliphatic rings.